The van der Waals surface area contributed by atoms with Crippen LogP contribution in [0.4, 0.5) is 22.7 Å². The van der Waals surface area contributed by atoms with Gasteiger partial charge in [0.2, 0.25) is 0 Å². The first-order chi connectivity index (χ1) is 39.6. The second-order valence-corrected chi connectivity index (χ2v) is 20.4. The number of rotatable bonds is 9. The fourth-order valence-corrected chi connectivity index (χ4v) is 12.4. The Kier molecular flexibility index (Phi) is 11.6. The van der Waals surface area contributed by atoms with Gasteiger partial charge in [0.1, 0.15) is 5.82 Å². The molecule has 0 N–H and O–H groups in total. The molecule has 1 aliphatic rings. The van der Waals surface area contributed by atoms with Crippen LogP contribution in [0.5, 0.6) is 11.5 Å². The summed E-state index contributed by atoms with van der Waals surface area (Å²) < 4.78 is 13.9. The molecule has 8 heteroatoms. The van der Waals surface area contributed by atoms with Crippen LogP contribution in [0.2, 0.25) is 0 Å². The Morgan fingerprint density at radius 1 is 0.383 bits per heavy atom. The van der Waals surface area contributed by atoms with Crippen molar-refractivity contribution in [2.75, 3.05) is 9.80 Å². The van der Waals surface area contributed by atoms with Crippen molar-refractivity contribution in [3.05, 3.63) is 285 Å². The topological polar surface area (TPSA) is 43.4 Å². The van der Waals surface area contributed by atoms with Gasteiger partial charge >= 0.3 is 0 Å². The minimum atomic E-state index is 0. The number of benzene rings is 11. The number of hydrogen-bond acceptors (Lipinski definition) is 4. The number of para-hydroxylation sites is 8. The standard InChI is InChI=1S/C73H47N6O.Pt/c1-48-43-72(74-46-60(48)73-69(77-62-32-12-6-26-54(62)55-27-7-13-33-63(55)77)39-20-40-70(73)78-64-34-14-8-28-56(64)57-29-9-15-35-65(57)78)79-66-36-16-10-30-58(66)59-42-41-52(45-71(59)79)80-51-24-19-23-50(44-51)75-47-76(68-38-18-17-37-67(68)75)61-31-11-5-25-53(61)49-21-3-2-4-22-49;/h2-43,46-47H,1H3;/q-3;. The molecular formula is C73H47N6OPt-3. The smallest absolute Gasteiger partial charge is 0.135 e. The second kappa shape index (κ2) is 19.5. The van der Waals surface area contributed by atoms with Crippen LogP contribution < -0.4 is 14.5 Å². The van der Waals surface area contributed by atoms with Crippen LogP contribution in [0.3, 0.4) is 0 Å². The Balaban J connectivity index is 0.00000564. The minimum absolute atomic E-state index is 0. The summed E-state index contributed by atoms with van der Waals surface area (Å²) in [5.41, 5.74) is 18.2. The molecule has 5 heterocycles. The molecule has 0 aliphatic carbocycles. The van der Waals surface area contributed by atoms with Crippen molar-refractivity contribution in [3.8, 4) is 50.9 Å². The van der Waals surface area contributed by atoms with E-state index in [1.165, 1.54) is 21.5 Å². The van der Waals surface area contributed by atoms with Crippen molar-refractivity contribution >= 4 is 88.2 Å². The quantitative estimate of drug-likeness (QED) is 0.135. The summed E-state index contributed by atoms with van der Waals surface area (Å²) in [6.07, 6.45) is 2.07. The number of ether oxygens (including phenoxy) is 1. The molecule has 0 amide bonds. The molecule has 15 aromatic rings. The van der Waals surface area contributed by atoms with E-state index in [1.807, 2.05) is 18.2 Å². The molecule has 1 aliphatic heterocycles. The first-order valence-corrected chi connectivity index (χ1v) is 27.0. The van der Waals surface area contributed by atoms with Crippen LogP contribution in [0.1, 0.15) is 5.56 Å². The molecule has 0 fully saturated rings. The van der Waals surface area contributed by atoms with Crippen LogP contribution in [0.25, 0.3) is 105 Å². The van der Waals surface area contributed by atoms with Gasteiger partial charge in [-0.2, -0.15) is 12.1 Å². The van der Waals surface area contributed by atoms with E-state index in [4.69, 9.17) is 9.72 Å². The molecule has 0 saturated carbocycles. The number of pyridine rings is 1. The fourth-order valence-electron chi connectivity index (χ4n) is 12.4. The third kappa shape index (κ3) is 7.72. The first-order valence-electron chi connectivity index (χ1n) is 27.0. The van der Waals surface area contributed by atoms with Gasteiger partial charge in [-0.1, -0.05) is 163 Å². The Hall–Kier alpha value is -9.94. The van der Waals surface area contributed by atoms with E-state index in [0.717, 1.165) is 112 Å². The number of hydrogen-bond donors (Lipinski definition) is 0. The van der Waals surface area contributed by atoms with Gasteiger partial charge in [0.25, 0.3) is 0 Å². The second-order valence-electron chi connectivity index (χ2n) is 20.4. The largest absolute Gasteiger partial charge is 0.509 e. The molecule has 0 radical (unpaired) electrons. The van der Waals surface area contributed by atoms with Crippen molar-refractivity contribution in [1.29, 1.82) is 0 Å². The van der Waals surface area contributed by atoms with Crippen molar-refractivity contribution in [1.82, 2.24) is 18.7 Å². The molecule has 11 aromatic carbocycles. The van der Waals surface area contributed by atoms with Crippen LogP contribution in [0.15, 0.2) is 261 Å². The predicted octanol–water partition coefficient (Wildman–Crippen LogP) is 18.8. The molecular weight excluding hydrogens is 1170 g/mol. The number of anilines is 4. The average Bonchev–Trinajstić information content (AvgIpc) is 4.39. The maximum atomic E-state index is 6.77. The summed E-state index contributed by atoms with van der Waals surface area (Å²) in [5, 5.41) is 7.00. The molecule has 7 nitrogen and oxygen atoms in total. The van der Waals surface area contributed by atoms with E-state index >= 15 is 0 Å². The van der Waals surface area contributed by atoms with Gasteiger partial charge < -0.3 is 28.2 Å². The van der Waals surface area contributed by atoms with E-state index in [-0.39, 0.29) is 21.1 Å². The van der Waals surface area contributed by atoms with E-state index in [0.29, 0.717) is 11.5 Å². The Labute approximate surface area is 482 Å². The van der Waals surface area contributed by atoms with Gasteiger partial charge in [-0.3, -0.25) is 0 Å². The van der Waals surface area contributed by atoms with E-state index in [2.05, 4.69) is 292 Å². The maximum Gasteiger partial charge on any atom is 0.135 e. The zero-order valence-electron chi connectivity index (χ0n) is 43.8. The maximum absolute atomic E-state index is 6.77. The zero-order chi connectivity index (χ0) is 52.8. The molecule has 388 valence electrons. The van der Waals surface area contributed by atoms with E-state index in [1.54, 1.807) is 0 Å². The van der Waals surface area contributed by atoms with E-state index in [9.17, 15) is 0 Å². The number of nitrogens with zero attached hydrogens (tertiary/aromatic N) is 6. The summed E-state index contributed by atoms with van der Waals surface area (Å²) in [7, 11) is 0. The number of aryl methyl sites for hydroxylation is 1. The molecule has 81 heavy (non-hydrogen) atoms. The summed E-state index contributed by atoms with van der Waals surface area (Å²) in [5.74, 6) is 1.94. The summed E-state index contributed by atoms with van der Waals surface area (Å²) >= 11 is 0. The normalized spacial score (nSPS) is 12.3. The SMILES string of the molecule is Cc1cc(-n2c3[c-]c(Oc4[c-]c(N5[CH-]N(c6ccccc6-c6ccccc6)c6ccccc65)ccc4)ccc3c3ccccc32)ncc1-c1c(-n2c3ccccc3c3ccccc32)cccc1-n1c2ccccc2c2ccccc21.[Pt]. The summed E-state index contributed by atoms with van der Waals surface area (Å²) in [4.78, 5) is 9.90. The van der Waals surface area contributed by atoms with Crippen LogP contribution in [-0.2, 0) is 21.1 Å². The Morgan fingerprint density at radius 3 is 1.44 bits per heavy atom. The molecule has 0 bridgehead atoms. The number of fused-ring (bicyclic) bond motifs is 10. The third-order valence-electron chi connectivity index (χ3n) is 15.9. The number of aromatic nitrogens is 4. The van der Waals surface area contributed by atoms with Crippen LogP contribution in [0, 0.1) is 25.7 Å². The van der Waals surface area contributed by atoms with Gasteiger partial charge in [-0.25, -0.2) is 4.98 Å². The van der Waals surface area contributed by atoms with Crippen LogP contribution in [-0.4, -0.2) is 18.7 Å². The molecule has 0 unspecified atom stereocenters. The van der Waals surface area contributed by atoms with Gasteiger partial charge in [-0.05, 0) is 90.2 Å². The summed E-state index contributed by atoms with van der Waals surface area (Å²) in [6, 6.07) is 97.5. The third-order valence-corrected chi connectivity index (χ3v) is 15.9. The van der Waals surface area contributed by atoms with Gasteiger partial charge in [0.05, 0.1) is 33.4 Å². The van der Waals surface area contributed by atoms with E-state index < -0.39 is 0 Å². The van der Waals surface area contributed by atoms with Crippen molar-refractivity contribution in [2.24, 2.45) is 0 Å². The molecule has 0 spiro atoms. The Bertz CT molecular complexity index is 4720. The Morgan fingerprint density at radius 2 is 0.852 bits per heavy atom. The zero-order valence-corrected chi connectivity index (χ0v) is 46.1. The van der Waals surface area contributed by atoms with Crippen molar-refractivity contribution in [2.45, 2.75) is 6.92 Å². The summed E-state index contributed by atoms with van der Waals surface area (Å²) in [6.45, 7) is 4.36. The molecule has 0 atom stereocenters. The first kappa shape index (κ1) is 48.2. The average molecular weight is 1220 g/mol. The minimum Gasteiger partial charge on any atom is -0.509 e. The monoisotopic (exact) mass is 1220 g/mol. The van der Waals surface area contributed by atoms with Gasteiger partial charge in [0.15, 0.2) is 0 Å². The van der Waals surface area contributed by atoms with Crippen molar-refractivity contribution in [3.63, 3.8) is 0 Å². The van der Waals surface area contributed by atoms with Gasteiger partial charge in [0, 0.05) is 99.6 Å². The predicted molar refractivity (Wildman–Crippen MR) is 329 cm³/mol. The molecule has 4 aromatic heterocycles. The van der Waals surface area contributed by atoms with Crippen LogP contribution >= 0.6 is 0 Å². The van der Waals surface area contributed by atoms with Gasteiger partial charge in [-0.15, -0.1) is 48.1 Å². The van der Waals surface area contributed by atoms with Crippen molar-refractivity contribution < 1.29 is 25.8 Å². The fraction of sp³-hybridized carbons (Fsp3) is 0.0137. The molecule has 0 saturated heterocycles. The molecule has 16 rings (SSSR count).